The minimum Gasteiger partial charge on any atom is -0.481 e. The van der Waals surface area contributed by atoms with Crippen molar-refractivity contribution in [2.24, 2.45) is 5.92 Å². The highest BCUT2D eigenvalue weighted by Crippen LogP contribution is 2.24. The Kier molecular flexibility index (Phi) is 5.21. The molecule has 1 aliphatic rings. The Morgan fingerprint density at radius 2 is 1.88 bits per heavy atom. The molecule has 1 heterocycles. The zero-order valence-electron chi connectivity index (χ0n) is 14.6. The van der Waals surface area contributed by atoms with Crippen LogP contribution in [0.15, 0.2) is 42.5 Å². The fourth-order valence-electron chi connectivity index (χ4n) is 3.58. The fraction of sp³-hybridized carbons (Fsp3) is 0.350. The molecule has 2 unspecified atom stereocenters. The summed E-state index contributed by atoms with van der Waals surface area (Å²) in [6.07, 6.45) is 0.647. The number of nitrogens with one attached hydrogen (secondary N) is 1. The number of carbonyl (C=O) groups excluding carboxylic acids is 2. The molecule has 2 aromatic carbocycles. The summed E-state index contributed by atoms with van der Waals surface area (Å²) >= 11 is 0. The van der Waals surface area contributed by atoms with Crippen molar-refractivity contribution in [2.45, 2.75) is 25.8 Å². The molecule has 2 N–H and O–H groups in total. The maximum absolute atomic E-state index is 12.3. The SMILES string of the molecule is CC1C(C(=O)O)CCN1C(=O)CNC(=O)Cc1cccc2ccccc12. The number of hydrogen-bond acceptors (Lipinski definition) is 3. The van der Waals surface area contributed by atoms with Gasteiger partial charge in [0.25, 0.3) is 0 Å². The van der Waals surface area contributed by atoms with Gasteiger partial charge in [0.1, 0.15) is 0 Å². The third kappa shape index (κ3) is 3.69. The molecule has 1 fully saturated rings. The van der Waals surface area contributed by atoms with Crippen LogP contribution < -0.4 is 5.32 Å². The van der Waals surface area contributed by atoms with Crippen molar-refractivity contribution < 1.29 is 19.5 Å². The highest BCUT2D eigenvalue weighted by Gasteiger charge is 2.37. The van der Waals surface area contributed by atoms with E-state index in [0.29, 0.717) is 13.0 Å². The third-order valence-electron chi connectivity index (χ3n) is 5.06. The van der Waals surface area contributed by atoms with Crippen molar-refractivity contribution in [1.29, 1.82) is 0 Å². The van der Waals surface area contributed by atoms with Crippen LogP contribution in [0.1, 0.15) is 18.9 Å². The molecule has 2 aromatic rings. The first-order chi connectivity index (χ1) is 12.5. The molecule has 0 saturated carbocycles. The molecule has 1 saturated heterocycles. The molecule has 3 rings (SSSR count). The van der Waals surface area contributed by atoms with Gasteiger partial charge in [-0.05, 0) is 29.7 Å². The average molecular weight is 354 g/mol. The summed E-state index contributed by atoms with van der Waals surface area (Å²) in [5, 5.41) is 13.9. The molecule has 0 bridgehead atoms. The van der Waals surface area contributed by atoms with Gasteiger partial charge < -0.3 is 15.3 Å². The minimum absolute atomic E-state index is 0.111. The molecule has 0 aliphatic carbocycles. The van der Waals surface area contributed by atoms with E-state index in [2.05, 4.69) is 5.32 Å². The Morgan fingerprint density at radius 1 is 1.15 bits per heavy atom. The summed E-state index contributed by atoms with van der Waals surface area (Å²) in [7, 11) is 0. The lowest BCUT2D eigenvalue weighted by Crippen LogP contribution is -2.43. The predicted molar refractivity (Wildman–Crippen MR) is 97.6 cm³/mol. The van der Waals surface area contributed by atoms with Crippen LogP contribution >= 0.6 is 0 Å². The Balaban J connectivity index is 1.57. The number of carboxylic acid groups (broad SMARTS) is 1. The van der Waals surface area contributed by atoms with Crippen molar-refractivity contribution in [3.8, 4) is 0 Å². The van der Waals surface area contributed by atoms with Gasteiger partial charge in [0.05, 0.1) is 18.9 Å². The van der Waals surface area contributed by atoms with Gasteiger partial charge in [-0.15, -0.1) is 0 Å². The summed E-state index contributed by atoms with van der Waals surface area (Å²) in [6, 6.07) is 13.3. The first kappa shape index (κ1) is 17.9. The lowest BCUT2D eigenvalue weighted by Gasteiger charge is -2.23. The summed E-state index contributed by atoms with van der Waals surface area (Å²) in [6.45, 7) is 2.04. The number of hydrogen-bond donors (Lipinski definition) is 2. The molecule has 26 heavy (non-hydrogen) atoms. The molecular weight excluding hydrogens is 332 g/mol. The van der Waals surface area contributed by atoms with Gasteiger partial charge in [-0.1, -0.05) is 42.5 Å². The topological polar surface area (TPSA) is 86.7 Å². The van der Waals surface area contributed by atoms with Crippen LogP contribution in [0.25, 0.3) is 10.8 Å². The molecule has 0 spiro atoms. The molecule has 0 radical (unpaired) electrons. The molecular formula is C20H22N2O4. The van der Waals surface area contributed by atoms with Crippen molar-refractivity contribution in [3.05, 3.63) is 48.0 Å². The van der Waals surface area contributed by atoms with Crippen molar-refractivity contribution in [1.82, 2.24) is 10.2 Å². The molecule has 1 aliphatic heterocycles. The van der Waals surface area contributed by atoms with Crippen molar-refractivity contribution in [3.63, 3.8) is 0 Å². The van der Waals surface area contributed by atoms with Crippen LogP contribution in [-0.4, -0.2) is 46.9 Å². The van der Waals surface area contributed by atoms with Crippen molar-refractivity contribution >= 4 is 28.6 Å². The van der Waals surface area contributed by atoms with Gasteiger partial charge in [-0.3, -0.25) is 14.4 Å². The Morgan fingerprint density at radius 3 is 2.62 bits per heavy atom. The second-order valence-corrected chi connectivity index (χ2v) is 6.65. The first-order valence-electron chi connectivity index (χ1n) is 8.73. The van der Waals surface area contributed by atoms with E-state index in [-0.39, 0.29) is 30.8 Å². The molecule has 6 heteroatoms. The van der Waals surface area contributed by atoms with Gasteiger partial charge >= 0.3 is 5.97 Å². The minimum atomic E-state index is -0.882. The maximum atomic E-state index is 12.3. The van der Waals surface area contributed by atoms with Gasteiger partial charge in [-0.25, -0.2) is 0 Å². The van der Waals surface area contributed by atoms with Gasteiger partial charge in [0.15, 0.2) is 0 Å². The Labute approximate surface area is 151 Å². The smallest absolute Gasteiger partial charge is 0.308 e. The van der Waals surface area contributed by atoms with E-state index in [1.165, 1.54) is 4.90 Å². The molecule has 2 amide bonds. The molecule has 2 atom stereocenters. The molecule has 6 nitrogen and oxygen atoms in total. The fourth-order valence-corrected chi connectivity index (χ4v) is 3.58. The van der Waals surface area contributed by atoms with Crippen LogP contribution in [-0.2, 0) is 20.8 Å². The second kappa shape index (κ2) is 7.56. The summed E-state index contributed by atoms with van der Waals surface area (Å²) < 4.78 is 0. The number of amides is 2. The molecule has 0 aromatic heterocycles. The van der Waals surface area contributed by atoms with E-state index in [0.717, 1.165) is 16.3 Å². The summed E-state index contributed by atoms with van der Waals surface area (Å²) in [5.74, 6) is -1.89. The van der Waals surface area contributed by atoms with E-state index in [9.17, 15) is 14.4 Å². The zero-order chi connectivity index (χ0) is 18.7. The highest BCUT2D eigenvalue weighted by atomic mass is 16.4. The number of carboxylic acids is 1. The van der Waals surface area contributed by atoms with Crippen LogP contribution in [0, 0.1) is 5.92 Å². The zero-order valence-corrected chi connectivity index (χ0v) is 14.6. The monoisotopic (exact) mass is 354 g/mol. The van der Waals surface area contributed by atoms with E-state index in [1.54, 1.807) is 6.92 Å². The Bertz CT molecular complexity index is 843. The number of fused-ring (bicyclic) bond motifs is 1. The number of rotatable bonds is 5. The Hall–Kier alpha value is -2.89. The second-order valence-electron chi connectivity index (χ2n) is 6.65. The van der Waals surface area contributed by atoms with E-state index < -0.39 is 11.9 Å². The van der Waals surface area contributed by atoms with Gasteiger partial charge in [-0.2, -0.15) is 0 Å². The normalized spacial score (nSPS) is 19.5. The number of likely N-dealkylation sites (tertiary alicyclic amines) is 1. The van der Waals surface area contributed by atoms with Crippen LogP contribution in [0.2, 0.25) is 0 Å². The van der Waals surface area contributed by atoms with Gasteiger partial charge in [0, 0.05) is 12.6 Å². The highest BCUT2D eigenvalue weighted by molar-refractivity contribution is 5.91. The average Bonchev–Trinajstić information content (AvgIpc) is 3.02. The summed E-state index contributed by atoms with van der Waals surface area (Å²) in [5.41, 5.74) is 0.911. The predicted octanol–water partition coefficient (Wildman–Crippen LogP) is 1.82. The third-order valence-corrected chi connectivity index (χ3v) is 5.06. The largest absolute Gasteiger partial charge is 0.481 e. The van der Waals surface area contributed by atoms with Crippen LogP contribution in [0.3, 0.4) is 0 Å². The number of carbonyl (C=O) groups is 3. The van der Waals surface area contributed by atoms with Crippen LogP contribution in [0.4, 0.5) is 0 Å². The lowest BCUT2D eigenvalue weighted by atomic mass is 10.0. The van der Waals surface area contributed by atoms with Gasteiger partial charge in [0.2, 0.25) is 11.8 Å². The number of benzene rings is 2. The molecule has 136 valence electrons. The summed E-state index contributed by atoms with van der Waals surface area (Å²) in [4.78, 5) is 37.3. The van der Waals surface area contributed by atoms with E-state index in [1.807, 2.05) is 42.5 Å². The quantitative estimate of drug-likeness (QED) is 0.857. The first-order valence-corrected chi connectivity index (χ1v) is 8.73. The number of nitrogens with zero attached hydrogens (tertiary/aromatic N) is 1. The van der Waals surface area contributed by atoms with E-state index >= 15 is 0 Å². The standard InChI is InChI=1S/C20H22N2O4/c1-13-16(20(25)26)9-10-22(13)19(24)12-21-18(23)11-15-7-4-6-14-5-2-3-8-17(14)15/h2-8,13,16H,9-12H2,1H3,(H,21,23)(H,25,26). The number of aliphatic carboxylic acids is 1. The van der Waals surface area contributed by atoms with E-state index in [4.69, 9.17) is 5.11 Å². The van der Waals surface area contributed by atoms with Crippen LogP contribution in [0.5, 0.6) is 0 Å². The lowest BCUT2D eigenvalue weighted by molar-refractivity contribution is -0.143. The van der Waals surface area contributed by atoms with Crippen molar-refractivity contribution in [2.75, 3.05) is 13.1 Å². The maximum Gasteiger partial charge on any atom is 0.308 e.